The first kappa shape index (κ1) is 12.6. The summed E-state index contributed by atoms with van der Waals surface area (Å²) in [5.41, 5.74) is 9.43. The lowest BCUT2D eigenvalue weighted by Gasteiger charge is -2.23. The maximum Gasteiger partial charge on any atom is 0.108 e. The first-order chi connectivity index (χ1) is 9.74. The number of hydrazine groups is 1. The predicted octanol–water partition coefficient (Wildman–Crippen LogP) is 3.57. The van der Waals surface area contributed by atoms with E-state index in [0.29, 0.717) is 0 Å². The zero-order valence-corrected chi connectivity index (χ0v) is 11.9. The van der Waals surface area contributed by atoms with Crippen LogP contribution in [0.3, 0.4) is 0 Å². The van der Waals surface area contributed by atoms with Crippen LogP contribution in [0.4, 0.5) is 5.69 Å². The molecule has 1 aliphatic rings. The second-order valence-corrected chi connectivity index (χ2v) is 5.08. The van der Waals surface area contributed by atoms with Crippen LogP contribution >= 0.6 is 0 Å². The summed E-state index contributed by atoms with van der Waals surface area (Å²) in [7, 11) is 0. The first-order valence-electron chi connectivity index (χ1n) is 6.85. The fourth-order valence-electron chi connectivity index (χ4n) is 2.41. The molecule has 102 valence electrons. The Morgan fingerprint density at radius 2 is 1.65 bits per heavy atom. The number of anilines is 1. The quantitative estimate of drug-likeness (QED) is 0.888. The molecule has 3 rings (SSSR count). The smallest absolute Gasteiger partial charge is 0.108 e. The molecule has 1 heterocycles. The van der Waals surface area contributed by atoms with E-state index in [9.17, 15) is 0 Å². The summed E-state index contributed by atoms with van der Waals surface area (Å²) in [4.78, 5) is 0. The largest absolute Gasteiger partial charge is 0.368 e. The Morgan fingerprint density at radius 1 is 0.950 bits per heavy atom. The van der Waals surface area contributed by atoms with Crippen molar-refractivity contribution in [2.75, 3.05) is 12.1 Å². The Bertz CT molecular complexity index is 614. The van der Waals surface area contributed by atoms with Gasteiger partial charge < -0.3 is 5.32 Å². The van der Waals surface area contributed by atoms with Crippen molar-refractivity contribution < 1.29 is 0 Å². The molecule has 0 unspecified atom stereocenters. The average molecular weight is 265 g/mol. The molecule has 0 radical (unpaired) electrons. The average Bonchev–Trinajstić information content (AvgIpc) is 2.83. The Kier molecular flexibility index (Phi) is 3.33. The number of nitrogens with one attached hydrogen (secondary N) is 2. The SMILES string of the molecule is CC1=C(c2ccccc2)N(Nc2ccc(C)cc2)CN1. The van der Waals surface area contributed by atoms with E-state index >= 15 is 0 Å². The van der Waals surface area contributed by atoms with Crippen LogP contribution in [0.25, 0.3) is 5.70 Å². The van der Waals surface area contributed by atoms with E-state index in [0.717, 1.165) is 12.4 Å². The molecule has 0 bridgehead atoms. The zero-order valence-electron chi connectivity index (χ0n) is 11.9. The van der Waals surface area contributed by atoms with Crippen LogP contribution in [0.5, 0.6) is 0 Å². The Balaban J connectivity index is 1.85. The van der Waals surface area contributed by atoms with Gasteiger partial charge in [-0.05, 0) is 26.0 Å². The Labute approximate surface area is 119 Å². The molecule has 3 nitrogen and oxygen atoms in total. The lowest BCUT2D eigenvalue weighted by Crippen LogP contribution is -2.29. The van der Waals surface area contributed by atoms with E-state index < -0.39 is 0 Å². The number of hydrogen-bond acceptors (Lipinski definition) is 3. The summed E-state index contributed by atoms with van der Waals surface area (Å²) >= 11 is 0. The third-order valence-electron chi connectivity index (χ3n) is 3.49. The molecule has 0 amide bonds. The van der Waals surface area contributed by atoms with Crippen LogP contribution in [0.1, 0.15) is 18.1 Å². The molecule has 0 aromatic heterocycles. The zero-order chi connectivity index (χ0) is 13.9. The van der Waals surface area contributed by atoms with Gasteiger partial charge in [0.15, 0.2) is 0 Å². The van der Waals surface area contributed by atoms with Crippen molar-refractivity contribution in [2.45, 2.75) is 13.8 Å². The van der Waals surface area contributed by atoms with Crippen molar-refractivity contribution in [2.24, 2.45) is 0 Å². The molecule has 20 heavy (non-hydrogen) atoms. The van der Waals surface area contributed by atoms with Crippen LogP contribution in [-0.4, -0.2) is 11.7 Å². The molecule has 2 aromatic rings. The van der Waals surface area contributed by atoms with Crippen LogP contribution in [0.2, 0.25) is 0 Å². The highest BCUT2D eigenvalue weighted by molar-refractivity contribution is 5.69. The lowest BCUT2D eigenvalue weighted by atomic mass is 10.1. The molecule has 2 aromatic carbocycles. The van der Waals surface area contributed by atoms with Gasteiger partial charge in [-0.1, -0.05) is 48.0 Å². The van der Waals surface area contributed by atoms with Crippen LogP contribution in [0, 0.1) is 6.92 Å². The second kappa shape index (κ2) is 5.29. The topological polar surface area (TPSA) is 27.3 Å². The van der Waals surface area contributed by atoms with Gasteiger partial charge in [0.05, 0.1) is 11.4 Å². The summed E-state index contributed by atoms with van der Waals surface area (Å²) < 4.78 is 0. The van der Waals surface area contributed by atoms with Crippen LogP contribution in [-0.2, 0) is 0 Å². The number of allylic oxidation sites excluding steroid dienone is 1. The van der Waals surface area contributed by atoms with Gasteiger partial charge in [0, 0.05) is 11.3 Å². The van der Waals surface area contributed by atoms with Gasteiger partial charge in [-0.15, -0.1) is 0 Å². The van der Waals surface area contributed by atoms with E-state index in [1.54, 1.807) is 0 Å². The molecule has 0 aliphatic carbocycles. The lowest BCUT2D eigenvalue weighted by molar-refractivity contribution is 0.483. The first-order valence-corrected chi connectivity index (χ1v) is 6.85. The van der Waals surface area contributed by atoms with E-state index in [-0.39, 0.29) is 0 Å². The monoisotopic (exact) mass is 265 g/mol. The van der Waals surface area contributed by atoms with E-state index in [2.05, 4.69) is 78.1 Å². The number of hydrogen-bond donors (Lipinski definition) is 2. The van der Waals surface area contributed by atoms with Crippen LogP contribution in [0.15, 0.2) is 60.3 Å². The maximum atomic E-state index is 3.46. The van der Waals surface area contributed by atoms with E-state index in [4.69, 9.17) is 0 Å². The molecular formula is C17H19N3. The number of aryl methyl sites for hydroxylation is 1. The molecule has 0 atom stereocenters. The van der Waals surface area contributed by atoms with Crippen molar-refractivity contribution in [1.29, 1.82) is 0 Å². The van der Waals surface area contributed by atoms with Gasteiger partial charge in [-0.3, -0.25) is 10.4 Å². The molecule has 2 N–H and O–H groups in total. The van der Waals surface area contributed by atoms with Gasteiger partial charge in [0.1, 0.15) is 6.67 Å². The normalized spacial score (nSPS) is 14.4. The highest BCUT2D eigenvalue weighted by atomic mass is 15.6. The van der Waals surface area contributed by atoms with E-state index in [1.807, 2.05) is 6.07 Å². The van der Waals surface area contributed by atoms with Gasteiger partial charge in [0.2, 0.25) is 0 Å². The van der Waals surface area contributed by atoms with Gasteiger partial charge in [0.25, 0.3) is 0 Å². The van der Waals surface area contributed by atoms with Gasteiger partial charge >= 0.3 is 0 Å². The van der Waals surface area contributed by atoms with Gasteiger partial charge in [-0.2, -0.15) is 0 Å². The molecular weight excluding hydrogens is 246 g/mol. The molecule has 0 fully saturated rings. The third-order valence-corrected chi connectivity index (χ3v) is 3.49. The molecule has 0 saturated carbocycles. The summed E-state index contributed by atoms with van der Waals surface area (Å²) in [5, 5.41) is 5.54. The van der Waals surface area contributed by atoms with Crippen molar-refractivity contribution in [3.63, 3.8) is 0 Å². The van der Waals surface area contributed by atoms with Crippen molar-refractivity contribution >= 4 is 11.4 Å². The molecule has 0 saturated heterocycles. The van der Waals surface area contributed by atoms with E-state index in [1.165, 1.54) is 22.5 Å². The number of rotatable bonds is 3. The fourth-order valence-corrected chi connectivity index (χ4v) is 2.41. The molecule has 0 spiro atoms. The number of benzene rings is 2. The van der Waals surface area contributed by atoms with Gasteiger partial charge in [-0.25, -0.2) is 0 Å². The molecule has 3 heteroatoms. The predicted molar refractivity (Wildman–Crippen MR) is 83.7 cm³/mol. The molecule has 1 aliphatic heterocycles. The Morgan fingerprint density at radius 3 is 2.35 bits per heavy atom. The summed E-state index contributed by atoms with van der Waals surface area (Å²) in [6.07, 6.45) is 0. The standard InChI is InChI=1S/C17H19N3/c1-13-8-10-16(11-9-13)19-20-12-18-14(2)17(20)15-6-4-3-5-7-15/h3-11,18-19H,12H2,1-2H3. The minimum absolute atomic E-state index is 0.768. The van der Waals surface area contributed by atoms with Crippen molar-refractivity contribution in [1.82, 2.24) is 10.3 Å². The third kappa shape index (κ3) is 2.48. The summed E-state index contributed by atoms with van der Waals surface area (Å²) in [5.74, 6) is 0. The summed E-state index contributed by atoms with van der Waals surface area (Å²) in [6.45, 7) is 4.98. The minimum Gasteiger partial charge on any atom is -0.368 e. The highest BCUT2D eigenvalue weighted by Crippen LogP contribution is 2.26. The highest BCUT2D eigenvalue weighted by Gasteiger charge is 2.20. The second-order valence-electron chi connectivity index (χ2n) is 5.08. The summed E-state index contributed by atoms with van der Waals surface area (Å²) in [6, 6.07) is 18.9. The fraction of sp³-hybridized carbons (Fsp3) is 0.176. The minimum atomic E-state index is 0.768. The number of nitrogens with zero attached hydrogens (tertiary/aromatic N) is 1. The van der Waals surface area contributed by atoms with Crippen molar-refractivity contribution in [3.8, 4) is 0 Å². The van der Waals surface area contributed by atoms with Crippen LogP contribution < -0.4 is 10.7 Å². The van der Waals surface area contributed by atoms with Crippen molar-refractivity contribution in [3.05, 3.63) is 71.4 Å². The maximum absolute atomic E-state index is 3.46. The Hall–Kier alpha value is -2.42.